The topological polar surface area (TPSA) is 49.2 Å². The number of fused-ring (bicyclic) bond motifs is 1. The predicted octanol–water partition coefficient (Wildman–Crippen LogP) is 2.99. The molecule has 3 rings (SSSR count). The predicted molar refractivity (Wildman–Crippen MR) is 76.1 cm³/mol. The number of benzene rings is 1. The van der Waals surface area contributed by atoms with E-state index in [0.29, 0.717) is 18.5 Å². The maximum Gasteiger partial charge on any atom is 0.229 e. The van der Waals surface area contributed by atoms with Gasteiger partial charge in [0.15, 0.2) is 11.5 Å². The summed E-state index contributed by atoms with van der Waals surface area (Å²) in [5.41, 5.74) is 0.710. The van der Waals surface area contributed by atoms with E-state index in [9.17, 15) is 0 Å². The van der Waals surface area contributed by atoms with E-state index in [1.54, 1.807) is 0 Å². The molecule has 1 aromatic heterocycles. The first kappa shape index (κ1) is 13.2. The number of hydrogen-bond donors (Lipinski definition) is 0. The van der Waals surface area contributed by atoms with Gasteiger partial charge >= 0.3 is 0 Å². The number of ether oxygens (including phenoxy) is 2. The molecule has 6 heteroatoms. The molecule has 0 radical (unpaired) electrons. The van der Waals surface area contributed by atoms with Crippen molar-refractivity contribution in [3.05, 3.63) is 29.3 Å². The van der Waals surface area contributed by atoms with E-state index in [0.717, 1.165) is 23.0 Å². The van der Waals surface area contributed by atoms with E-state index in [2.05, 4.69) is 31.0 Å². The molecule has 2 heterocycles. The maximum atomic E-state index is 6.19. The maximum absolute atomic E-state index is 6.19. The quantitative estimate of drug-likeness (QED) is 0.811. The lowest BCUT2D eigenvalue weighted by Crippen LogP contribution is -2.19. The third-order valence-electron chi connectivity index (χ3n) is 3.08. The van der Waals surface area contributed by atoms with E-state index in [1.807, 2.05) is 22.8 Å². The number of aromatic nitrogens is 3. The lowest BCUT2D eigenvalue weighted by atomic mass is 9.95. The van der Waals surface area contributed by atoms with Crippen LogP contribution in [0.25, 0.3) is 5.69 Å². The zero-order chi connectivity index (χ0) is 14.3. The van der Waals surface area contributed by atoms with Crippen molar-refractivity contribution in [3.8, 4) is 17.2 Å². The zero-order valence-corrected chi connectivity index (χ0v) is 12.4. The van der Waals surface area contributed by atoms with Crippen LogP contribution in [0.5, 0.6) is 11.5 Å². The van der Waals surface area contributed by atoms with E-state index in [-0.39, 0.29) is 5.41 Å². The van der Waals surface area contributed by atoms with E-state index >= 15 is 0 Å². The minimum Gasteiger partial charge on any atom is -0.486 e. The normalized spacial score (nSPS) is 14.4. The molecule has 20 heavy (non-hydrogen) atoms. The second kappa shape index (κ2) is 4.66. The van der Waals surface area contributed by atoms with Crippen LogP contribution in [0.3, 0.4) is 0 Å². The van der Waals surface area contributed by atoms with Gasteiger partial charge in [-0.25, -0.2) is 0 Å². The van der Waals surface area contributed by atoms with Crippen LogP contribution in [0.2, 0.25) is 5.28 Å². The average Bonchev–Trinajstić information content (AvgIpc) is 2.80. The SMILES string of the molecule is CC(C)(C)c1nnc(Cl)n1-c1ccc2c(c1)OCCO2. The third-order valence-corrected chi connectivity index (χ3v) is 3.32. The number of halogens is 1. The summed E-state index contributed by atoms with van der Waals surface area (Å²) in [4.78, 5) is 0. The molecule has 0 atom stereocenters. The lowest BCUT2D eigenvalue weighted by molar-refractivity contribution is 0.171. The summed E-state index contributed by atoms with van der Waals surface area (Å²) in [6.07, 6.45) is 0. The van der Waals surface area contributed by atoms with Crippen LogP contribution >= 0.6 is 11.6 Å². The monoisotopic (exact) mass is 293 g/mol. The van der Waals surface area contributed by atoms with Crippen molar-refractivity contribution in [2.24, 2.45) is 0 Å². The first-order valence-electron chi connectivity index (χ1n) is 6.48. The van der Waals surface area contributed by atoms with E-state index in [4.69, 9.17) is 21.1 Å². The molecule has 2 aromatic rings. The Morgan fingerprint density at radius 2 is 1.80 bits per heavy atom. The Hall–Kier alpha value is -1.75. The van der Waals surface area contributed by atoms with Crippen LogP contribution in [-0.2, 0) is 5.41 Å². The molecule has 0 N–H and O–H groups in total. The van der Waals surface area contributed by atoms with Gasteiger partial charge in [-0.1, -0.05) is 20.8 Å². The van der Waals surface area contributed by atoms with Crippen molar-refractivity contribution in [1.29, 1.82) is 0 Å². The van der Waals surface area contributed by atoms with Gasteiger partial charge in [0.05, 0.1) is 5.69 Å². The number of hydrogen-bond acceptors (Lipinski definition) is 4. The van der Waals surface area contributed by atoms with Crippen LogP contribution in [-0.4, -0.2) is 28.0 Å². The molecule has 0 aliphatic carbocycles. The van der Waals surface area contributed by atoms with Crippen LogP contribution in [0.15, 0.2) is 18.2 Å². The molecular weight excluding hydrogens is 278 g/mol. The van der Waals surface area contributed by atoms with Gasteiger partial charge in [0, 0.05) is 11.5 Å². The zero-order valence-electron chi connectivity index (χ0n) is 11.7. The molecule has 0 amide bonds. The summed E-state index contributed by atoms with van der Waals surface area (Å²) in [6.45, 7) is 7.34. The van der Waals surface area contributed by atoms with E-state index < -0.39 is 0 Å². The highest BCUT2D eigenvalue weighted by atomic mass is 35.5. The van der Waals surface area contributed by atoms with Gasteiger partial charge in [-0.3, -0.25) is 4.57 Å². The van der Waals surface area contributed by atoms with Gasteiger partial charge in [0.1, 0.15) is 19.0 Å². The Balaban J connectivity index is 2.12. The molecule has 106 valence electrons. The Bertz CT molecular complexity index is 646. The second-order valence-corrected chi connectivity index (χ2v) is 6.04. The largest absolute Gasteiger partial charge is 0.486 e. The Labute approximate surface area is 122 Å². The molecule has 1 aliphatic rings. The molecule has 0 saturated heterocycles. The third kappa shape index (κ3) is 2.22. The van der Waals surface area contributed by atoms with Crippen molar-refractivity contribution < 1.29 is 9.47 Å². The highest BCUT2D eigenvalue weighted by molar-refractivity contribution is 6.28. The Morgan fingerprint density at radius 1 is 1.10 bits per heavy atom. The van der Waals surface area contributed by atoms with Crippen molar-refractivity contribution in [3.63, 3.8) is 0 Å². The summed E-state index contributed by atoms with van der Waals surface area (Å²) >= 11 is 6.19. The second-order valence-electron chi connectivity index (χ2n) is 5.71. The lowest BCUT2D eigenvalue weighted by Gasteiger charge is -2.22. The summed E-state index contributed by atoms with van der Waals surface area (Å²) in [5.74, 6) is 2.28. The minimum absolute atomic E-state index is 0.159. The van der Waals surface area contributed by atoms with E-state index in [1.165, 1.54) is 0 Å². The number of rotatable bonds is 1. The fourth-order valence-electron chi connectivity index (χ4n) is 2.15. The minimum atomic E-state index is -0.159. The molecular formula is C14H16ClN3O2. The van der Waals surface area contributed by atoms with Gasteiger partial charge in [-0.05, 0) is 23.7 Å². The van der Waals surface area contributed by atoms with Crippen LogP contribution < -0.4 is 9.47 Å². The highest BCUT2D eigenvalue weighted by Crippen LogP contribution is 2.34. The standard InChI is InChI=1S/C14H16ClN3O2/c1-14(2,3)12-16-17-13(15)18(12)9-4-5-10-11(8-9)20-7-6-19-10/h4-5,8H,6-7H2,1-3H3. The molecule has 1 aliphatic heterocycles. The fourth-order valence-corrected chi connectivity index (χ4v) is 2.37. The fraction of sp³-hybridized carbons (Fsp3) is 0.429. The first-order valence-corrected chi connectivity index (χ1v) is 6.86. The molecule has 0 saturated carbocycles. The van der Waals surface area contributed by atoms with Gasteiger partial charge in [-0.2, -0.15) is 0 Å². The molecule has 5 nitrogen and oxygen atoms in total. The number of nitrogens with zero attached hydrogens (tertiary/aromatic N) is 3. The van der Waals surface area contributed by atoms with Crippen LogP contribution in [0.4, 0.5) is 0 Å². The van der Waals surface area contributed by atoms with Crippen LogP contribution in [0.1, 0.15) is 26.6 Å². The summed E-state index contributed by atoms with van der Waals surface area (Å²) in [5, 5.41) is 8.50. The van der Waals surface area contributed by atoms with Gasteiger partial charge < -0.3 is 9.47 Å². The highest BCUT2D eigenvalue weighted by Gasteiger charge is 2.25. The van der Waals surface area contributed by atoms with Gasteiger partial charge in [0.2, 0.25) is 5.28 Å². The molecule has 1 aromatic carbocycles. The summed E-state index contributed by atoms with van der Waals surface area (Å²) in [7, 11) is 0. The van der Waals surface area contributed by atoms with Crippen molar-refractivity contribution >= 4 is 11.6 Å². The average molecular weight is 294 g/mol. The molecule has 0 spiro atoms. The molecule has 0 bridgehead atoms. The Kier molecular flexibility index (Phi) is 3.09. The summed E-state index contributed by atoms with van der Waals surface area (Å²) < 4.78 is 13.0. The van der Waals surface area contributed by atoms with Gasteiger partial charge in [-0.15, -0.1) is 10.2 Å². The molecule has 0 unspecified atom stereocenters. The van der Waals surface area contributed by atoms with Gasteiger partial charge in [0.25, 0.3) is 0 Å². The van der Waals surface area contributed by atoms with Crippen molar-refractivity contribution in [2.75, 3.05) is 13.2 Å². The van der Waals surface area contributed by atoms with Crippen molar-refractivity contribution in [2.45, 2.75) is 26.2 Å². The first-order chi connectivity index (χ1) is 9.47. The Morgan fingerprint density at radius 3 is 2.50 bits per heavy atom. The molecule has 0 fully saturated rings. The summed E-state index contributed by atoms with van der Waals surface area (Å²) in [6, 6.07) is 5.71. The van der Waals surface area contributed by atoms with Crippen molar-refractivity contribution in [1.82, 2.24) is 14.8 Å². The smallest absolute Gasteiger partial charge is 0.229 e. The van der Waals surface area contributed by atoms with Crippen LogP contribution in [0, 0.1) is 0 Å².